The van der Waals surface area contributed by atoms with Crippen LogP contribution in [-0.4, -0.2) is 30.6 Å². The minimum atomic E-state index is -0.129. The normalized spacial score (nSPS) is 10.7. The molecule has 0 atom stereocenters. The van der Waals surface area contributed by atoms with Crippen LogP contribution >= 0.6 is 0 Å². The number of rotatable bonds is 6. The van der Waals surface area contributed by atoms with E-state index in [0.29, 0.717) is 25.5 Å². The topological polar surface area (TPSA) is 51.2 Å². The van der Waals surface area contributed by atoms with Crippen molar-refractivity contribution in [3.05, 3.63) is 41.6 Å². The summed E-state index contributed by atoms with van der Waals surface area (Å²) in [4.78, 5) is 16.5. The summed E-state index contributed by atoms with van der Waals surface area (Å²) in [5.74, 6) is -0.129. The van der Waals surface area contributed by atoms with Gasteiger partial charge in [0.2, 0.25) is 0 Å². The van der Waals surface area contributed by atoms with Crippen molar-refractivity contribution in [2.75, 3.05) is 19.8 Å². The highest BCUT2D eigenvalue weighted by Crippen LogP contribution is 2.17. The first-order valence-corrected chi connectivity index (χ1v) is 6.94. The average Bonchev–Trinajstić information content (AvgIpc) is 2.47. The zero-order valence-electron chi connectivity index (χ0n) is 12.0. The molecule has 1 aromatic carbocycles. The van der Waals surface area contributed by atoms with Crippen LogP contribution in [0, 0.1) is 6.92 Å². The molecule has 20 heavy (non-hydrogen) atoms. The number of ether oxygens (including phenoxy) is 1. The zero-order valence-corrected chi connectivity index (χ0v) is 12.0. The summed E-state index contributed by atoms with van der Waals surface area (Å²) in [7, 11) is 0. The van der Waals surface area contributed by atoms with Crippen LogP contribution in [0.3, 0.4) is 0 Å². The number of nitrogens with one attached hydrogen (secondary N) is 1. The fourth-order valence-electron chi connectivity index (χ4n) is 2.08. The number of amides is 1. The minimum absolute atomic E-state index is 0.129. The van der Waals surface area contributed by atoms with E-state index in [4.69, 9.17) is 4.74 Å². The van der Waals surface area contributed by atoms with Gasteiger partial charge in [-0.2, -0.15) is 0 Å². The minimum Gasteiger partial charge on any atom is -0.382 e. The molecule has 0 bridgehead atoms. The Kier molecular flexibility index (Phi) is 5.07. The van der Waals surface area contributed by atoms with E-state index in [0.717, 1.165) is 22.9 Å². The Bertz CT molecular complexity index is 596. The Labute approximate surface area is 119 Å². The number of hydrogen-bond donors (Lipinski definition) is 1. The average molecular weight is 272 g/mol. The van der Waals surface area contributed by atoms with Crippen LogP contribution in [-0.2, 0) is 4.74 Å². The van der Waals surface area contributed by atoms with Crippen LogP contribution in [0.1, 0.15) is 29.4 Å². The number of para-hydroxylation sites is 1. The molecule has 0 spiro atoms. The summed E-state index contributed by atoms with van der Waals surface area (Å²) in [6.45, 7) is 5.93. The van der Waals surface area contributed by atoms with E-state index in [1.165, 1.54) is 0 Å². The SMILES string of the molecule is CCOCCCNC(=O)c1cc(C)c2ccccc2n1. The highest BCUT2D eigenvalue weighted by Gasteiger charge is 2.09. The summed E-state index contributed by atoms with van der Waals surface area (Å²) in [6.07, 6.45) is 0.812. The number of aryl methyl sites for hydroxylation is 1. The van der Waals surface area contributed by atoms with Crippen LogP contribution in [0.25, 0.3) is 10.9 Å². The van der Waals surface area contributed by atoms with Crippen molar-refractivity contribution in [3.63, 3.8) is 0 Å². The summed E-state index contributed by atoms with van der Waals surface area (Å²) in [5.41, 5.74) is 2.39. The van der Waals surface area contributed by atoms with E-state index in [1.807, 2.05) is 44.2 Å². The highest BCUT2D eigenvalue weighted by molar-refractivity contribution is 5.95. The standard InChI is InChI=1S/C16H20N2O2/c1-3-20-10-6-9-17-16(19)15-11-12(2)13-7-4-5-8-14(13)18-15/h4-5,7-8,11H,3,6,9-10H2,1-2H3,(H,17,19). The lowest BCUT2D eigenvalue weighted by atomic mass is 10.1. The number of benzene rings is 1. The molecule has 2 aromatic rings. The van der Waals surface area contributed by atoms with Crippen LogP contribution in [0.5, 0.6) is 0 Å². The lowest BCUT2D eigenvalue weighted by Gasteiger charge is -2.07. The number of hydrogen-bond acceptors (Lipinski definition) is 3. The molecule has 0 aliphatic carbocycles. The summed E-state index contributed by atoms with van der Waals surface area (Å²) in [5, 5.41) is 3.95. The van der Waals surface area contributed by atoms with E-state index in [2.05, 4.69) is 10.3 Å². The molecule has 0 aliphatic heterocycles. The molecule has 2 rings (SSSR count). The molecule has 0 aliphatic rings. The van der Waals surface area contributed by atoms with E-state index in [-0.39, 0.29) is 5.91 Å². The van der Waals surface area contributed by atoms with Gasteiger partial charge in [-0.1, -0.05) is 18.2 Å². The van der Waals surface area contributed by atoms with Crippen molar-refractivity contribution in [1.82, 2.24) is 10.3 Å². The van der Waals surface area contributed by atoms with Crippen molar-refractivity contribution < 1.29 is 9.53 Å². The van der Waals surface area contributed by atoms with Crippen molar-refractivity contribution in [1.29, 1.82) is 0 Å². The van der Waals surface area contributed by atoms with Gasteiger partial charge in [0.05, 0.1) is 5.52 Å². The summed E-state index contributed by atoms with van der Waals surface area (Å²) < 4.78 is 5.23. The van der Waals surface area contributed by atoms with Crippen molar-refractivity contribution in [2.24, 2.45) is 0 Å². The maximum atomic E-state index is 12.1. The van der Waals surface area contributed by atoms with Gasteiger partial charge in [-0.3, -0.25) is 4.79 Å². The highest BCUT2D eigenvalue weighted by atomic mass is 16.5. The molecule has 0 saturated carbocycles. The molecule has 1 heterocycles. The van der Waals surface area contributed by atoms with Gasteiger partial charge >= 0.3 is 0 Å². The van der Waals surface area contributed by atoms with Crippen LogP contribution in [0.2, 0.25) is 0 Å². The van der Waals surface area contributed by atoms with Gasteiger partial charge in [0, 0.05) is 25.1 Å². The van der Waals surface area contributed by atoms with Gasteiger partial charge in [0.15, 0.2) is 0 Å². The number of pyridine rings is 1. The predicted octanol–water partition coefficient (Wildman–Crippen LogP) is 2.70. The molecular formula is C16H20N2O2. The molecule has 1 N–H and O–H groups in total. The third-order valence-electron chi connectivity index (χ3n) is 3.11. The molecule has 106 valence electrons. The van der Waals surface area contributed by atoms with E-state index in [9.17, 15) is 4.79 Å². The monoisotopic (exact) mass is 272 g/mol. The Morgan fingerprint density at radius 1 is 1.35 bits per heavy atom. The first kappa shape index (κ1) is 14.5. The third kappa shape index (κ3) is 3.54. The first-order chi connectivity index (χ1) is 9.72. The van der Waals surface area contributed by atoms with Crippen LogP contribution in [0.4, 0.5) is 0 Å². The van der Waals surface area contributed by atoms with E-state index in [1.54, 1.807) is 0 Å². The van der Waals surface area contributed by atoms with Gasteiger partial charge in [-0.25, -0.2) is 4.98 Å². The zero-order chi connectivity index (χ0) is 14.4. The Hall–Kier alpha value is -1.94. The predicted molar refractivity (Wildman–Crippen MR) is 79.9 cm³/mol. The Morgan fingerprint density at radius 2 is 2.15 bits per heavy atom. The third-order valence-corrected chi connectivity index (χ3v) is 3.11. The maximum absolute atomic E-state index is 12.1. The largest absolute Gasteiger partial charge is 0.382 e. The molecule has 0 saturated heterocycles. The van der Waals surface area contributed by atoms with Gasteiger partial charge in [-0.05, 0) is 38.0 Å². The second-order valence-corrected chi connectivity index (χ2v) is 4.65. The van der Waals surface area contributed by atoms with Crippen LogP contribution in [0.15, 0.2) is 30.3 Å². The molecule has 4 heteroatoms. The molecule has 0 unspecified atom stereocenters. The molecule has 1 aromatic heterocycles. The molecule has 4 nitrogen and oxygen atoms in total. The fraction of sp³-hybridized carbons (Fsp3) is 0.375. The van der Waals surface area contributed by atoms with Crippen molar-refractivity contribution >= 4 is 16.8 Å². The molecule has 0 fully saturated rings. The lowest BCUT2D eigenvalue weighted by molar-refractivity contribution is 0.0939. The van der Waals surface area contributed by atoms with Crippen molar-refractivity contribution in [3.8, 4) is 0 Å². The number of nitrogens with zero attached hydrogens (tertiary/aromatic N) is 1. The maximum Gasteiger partial charge on any atom is 0.269 e. The Morgan fingerprint density at radius 3 is 2.95 bits per heavy atom. The van der Waals surface area contributed by atoms with Gasteiger partial charge in [-0.15, -0.1) is 0 Å². The smallest absolute Gasteiger partial charge is 0.269 e. The van der Waals surface area contributed by atoms with Gasteiger partial charge < -0.3 is 10.1 Å². The first-order valence-electron chi connectivity index (χ1n) is 6.94. The number of carbonyl (C=O) groups is 1. The van der Waals surface area contributed by atoms with Gasteiger partial charge in [0.1, 0.15) is 5.69 Å². The fourth-order valence-corrected chi connectivity index (χ4v) is 2.08. The Balaban J connectivity index is 2.03. The molecule has 0 radical (unpaired) electrons. The number of carbonyl (C=O) groups excluding carboxylic acids is 1. The van der Waals surface area contributed by atoms with Crippen molar-refractivity contribution in [2.45, 2.75) is 20.3 Å². The summed E-state index contributed by atoms with van der Waals surface area (Å²) >= 11 is 0. The quantitative estimate of drug-likeness (QED) is 0.823. The second kappa shape index (κ2) is 7.01. The molecule has 1 amide bonds. The lowest BCUT2D eigenvalue weighted by Crippen LogP contribution is -2.26. The number of fused-ring (bicyclic) bond motifs is 1. The van der Waals surface area contributed by atoms with E-state index >= 15 is 0 Å². The van der Waals surface area contributed by atoms with Crippen LogP contribution < -0.4 is 5.32 Å². The molecular weight excluding hydrogens is 252 g/mol. The van der Waals surface area contributed by atoms with E-state index < -0.39 is 0 Å². The van der Waals surface area contributed by atoms with Gasteiger partial charge in [0.25, 0.3) is 5.91 Å². The second-order valence-electron chi connectivity index (χ2n) is 4.65. The number of aromatic nitrogens is 1. The summed E-state index contributed by atoms with van der Waals surface area (Å²) in [6, 6.07) is 9.68.